The van der Waals surface area contributed by atoms with Crippen molar-refractivity contribution in [1.29, 1.82) is 0 Å². The van der Waals surface area contributed by atoms with E-state index in [1.165, 1.54) is 0 Å². The van der Waals surface area contributed by atoms with Crippen LogP contribution in [0.1, 0.15) is 38.2 Å². The Morgan fingerprint density at radius 3 is 2.43 bits per heavy atom. The number of benzene rings is 1. The fraction of sp³-hybridized carbons (Fsp3) is 0.533. The van der Waals surface area contributed by atoms with E-state index in [9.17, 15) is 13.2 Å². The molecule has 0 saturated heterocycles. The number of carbonyl (C=O) groups is 1. The second kappa shape index (κ2) is 8.14. The van der Waals surface area contributed by atoms with E-state index >= 15 is 0 Å². The maximum Gasteiger partial charge on any atom is 0.307 e. The van der Waals surface area contributed by atoms with Gasteiger partial charge in [-0.2, -0.15) is 0 Å². The highest BCUT2D eigenvalue weighted by atomic mass is 32.2. The molecule has 5 nitrogen and oxygen atoms in total. The van der Waals surface area contributed by atoms with Crippen LogP contribution in [-0.4, -0.2) is 31.8 Å². The fourth-order valence-corrected chi connectivity index (χ4v) is 3.58. The molecule has 2 unspecified atom stereocenters. The molecule has 21 heavy (non-hydrogen) atoms. The van der Waals surface area contributed by atoms with E-state index in [0.717, 1.165) is 5.56 Å². The van der Waals surface area contributed by atoms with Gasteiger partial charge in [0.05, 0.1) is 11.7 Å². The van der Waals surface area contributed by atoms with Crippen molar-refractivity contribution >= 4 is 16.0 Å². The summed E-state index contributed by atoms with van der Waals surface area (Å²) in [6, 6.07) is 9.39. The third-order valence-corrected chi connectivity index (χ3v) is 4.92. The lowest BCUT2D eigenvalue weighted by atomic mass is 10.0. The summed E-state index contributed by atoms with van der Waals surface area (Å²) in [7, 11) is -3.49. The summed E-state index contributed by atoms with van der Waals surface area (Å²) in [5, 5.41) is 9.03. The van der Waals surface area contributed by atoms with Gasteiger partial charge in [0, 0.05) is 6.54 Å². The van der Waals surface area contributed by atoms with Gasteiger partial charge in [0.25, 0.3) is 0 Å². The predicted molar refractivity (Wildman–Crippen MR) is 82.7 cm³/mol. The minimum atomic E-state index is -3.49. The Kier molecular flexibility index (Phi) is 6.84. The Hall–Kier alpha value is -1.40. The molecule has 118 valence electrons. The van der Waals surface area contributed by atoms with Crippen LogP contribution in [0.2, 0.25) is 0 Å². The third-order valence-electron chi connectivity index (χ3n) is 3.37. The zero-order valence-electron chi connectivity index (χ0n) is 12.5. The molecule has 0 amide bonds. The van der Waals surface area contributed by atoms with Gasteiger partial charge in [-0.1, -0.05) is 50.6 Å². The van der Waals surface area contributed by atoms with Crippen molar-refractivity contribution in [2.24, 2.45) is 5.92 Å². The van der Waals surface area contributed by atoms with Crippen LogP contribution in [0.15, 0.2) is 30.3 Å². The molecular formula is C15H23NO4S. The molecule has 0 aliphatic heterocycles. The van der Waals surface area contributed by atoms with Crippen LogP contribution in [0.4, 0.5) is 0 Å². The second-order valence-corrected chi connectivity index (χ2v) is 7.12. The van der Waals surface area contributed by atoms with Crippen LogP contribution < -0.4 is 4.72 Å². The molecule has 0 bridgehead atoms. The Labute approximate surface area is 126 Å². The largest absolute Gasteiger partial charge is 0.481 e. The van der Waals surface area contributed by atoms with Crippen molar-refractivity contribution in [3.05, 3.63) is 35.9 Å². The Morgan fingerprint density at radius 2 is 1.90 bits per heavy atom. The lowest BCUT2D eigenvalue weighted by Gasteiger charge is -2.15. The van der Waals surface area contributed by atoms with Crippen molar-refractivity contribution in [3.63, 3.8) is 0 Å². The SMILES string of the molecule is CCCC(CNS(=O)(=O)CC(C)c1ccccc1)C(=O)O. The van der Waals surface area contributed by atoms with Gasteiger partial charge in [-0.05, 0) is 17.9 Å². The lowest BCUT2D eigenvalue weighted by Crippen LogP contribution is -2.35. The van der Waals surface area contributed by atoms with E-state index < -0.39 is 21.9 Å². The highest BCUT2D eigenvalue weighted by Crippen LogP contribution is 2.16. The number of hydrogen-bond acceptors (Lipinski definition) is 3. The molecule has 0 aliphatic rings. The summed E-state index contributed by atoms with van der Waals surface area (Å²) in [5.41, 5.74) is 0.950. The van der Waals surface area contributed by atoms with Crippen molar-refractivity contribution in [3.8, 4) is 0 Å². The minimum Gasteiger partial charge on any atom is -0.481 e. The van der Waals surface area contributed by atoms with Gasteiger partial charge in [0.15, 0.2) is 0 Å². The molecule has 0 radical (unpaired) electrons. The van der Waals surface area contributed by atoms with E-state index in [1.54, 1.807) is 0 Å². The van der Waals surface area contributed by atoms with Crippen LogP contribution in [0.5, 0.6) is 0 Å². The summed E-state index contributed by atoms with van der Waals surface area (Å²) >= 11 is 0. The zero-order valence-corrected chi connectivity index (χ0v) is 13.3. The number of sulfonamides is 1. The third kappa shape index (κ3) is 6.27. The average Bonchev–Trinajstić information content (AvgIpc) is 2.43. The van der Waals surface area contributed by atoms with Crippen molar-refractivity contribution < 1.29 is 18.3 Å². The predicted octanol–water partition coefficient (Wildman–Crippen LogP) is 2.21. The van der Waals surface area contributed by atoms with Crippen LogP contribution in [0.3, 0.4) is 0 Å². The maximum absolute atomic E-state index is 12.0. The average molecular weight is 313 g/mol. The van der Waals surface area contributed by atoms with Gasteiger partial charge >= 0.3 is 5.97 Å². The Balaban J connectivity index is 2.59. The molecule has 0 heterocycles. The molecule has 0 saturated carbocycles. The number of aliphatic carboxylic acids is 1. The monoisotopic (exact) mass is 313 g/mol. The van der Waals surface area contributed by atoms with Gasteiger partial charge in [0.2, 0.25) is 10.0 Å². The summed E-state index contributed by atoms with van der Waals surface area (Å²) in [4.78, 5) is 11.0. The topological polar surface area (TPSA) is 83.5 Å². The van der Waals surface area contributed by atoms with Gasteiger partial charge in [0.1, 0.15) is 0 Å². The van der Waals surface area contributed by atoms with Crippen molar-refractivity contribution in [2.45, 2.75) is 32.6 Å². The summed E-state index contributed by atoms with van der Waals surface area (Å²) in [6.45, 7) is 3.67. The molecule has 0 fully saturated rings. The van der Waals surface area contributed by atoms with E-state index in [-0.39, 0.29) is 18.2 Å². The highest BCUT2D eigenvalue weighted by molar-refractivity contribution is 7.89. The van der Waals surface area contributed by atoms with Gasteiger partial charge in [-0.3, -0.25) is 4.79 Å². The van der Waals surface area contributed by atoms with Crippen LogP contribution in [0.25, 0.3) is 0 Å². The van der Waals surface area contributed by atoms with Crippen LogP contribution >= 0.6 is 0 Å². The van der Waals surface area contributed by atoms with E-state index in [0.29, 0.717) is 12.8 Å². The highest BCUT2D eigenvalue weighted by Gasteiger charge is 2.21. The lowest BCUT2D eigenvalue weighted by molar-refractivity contribution is -0.141. The molecule has 6 heteroatoms. The number of rotatable bonds is 9. The first-order chi connectivity index (χ1) is 9.85. The first kappa shape index (κ1) is 17.7. The second-order valence-electron chi connectivity index (χ2n) is 5.27. The molecule has 1 aromatic rings. The van der Waals surface area contributed by atoms with Crippen LogP contribution in [-0.2, 0) is 14.8 Å². The van der Waals surface area contributed by atoms with Gasteiger partial charge < -0.3 is 5.11 Å². The van der Waals surface area contributed by atoms with Crippen molar-refractivity contribution in [1.82, 2.24) is 4.72 Å². The Morgan fingerprint density at radius 1 is 1.29 bits per heavy atom. The minimum absolute atomic E-state index is 0.0462. The smallest absolute Gasteiger partial charge is 0.307 e. The van der Waals surface area contributed by atoms with E-state index in [4.69, 9.17) is 5.11 Å². The maximum atomic E-state index is 12.0. The summed E-state index contributed by atoms with van der Waals surface area (Å²) in [5.74, 6) is -1.82. The summed E-state index contributed by atoms with van der Waals surface area (Å²) in [6.07, 6.45) is 1.17. The van der Waals surface area contributed by atoms with Crippen molar-refractivity contribution in [2.75, 3.05) is 12.3 Å². The zero-order chi connectivity index (χ0) is 15.9. The molecule has 0 aliphatic carbocycles. The molecule has 1 aromatic carbocycles. The van der Waals surface area contributed by atoms with Crippen LogP contribution in [0, 0.1) is 5.92 Å². The molecule has 0 aromatic heterocycles. The van der Waals surface area contributed by atoms with E-state index in [1.807, 2.05) is 44.2 Å². The quantitative estimate of drug-likeness (QED) is 0.732. The molecule has 0 spiro atoms. The number of carboxylic acids is 1. The number of nitrogens with one attached hydrogen (secondary N) is 1. The molecule has 1 rings (SSSR count). The fourth-order valence-electron chi connectivity index (χ4n) is 2.15. The van der Waals surface area contributed by atoms with Gasteiger partial charge in [-0.15, -0.1) is 0 Å². The van der Waals surface area contributed by atoms with E-state index in [2.05, 4.69) is 4.72 Å². The number of hydrogen-bond donors (Lipinski definition) is 2. The molecular weight excluding hydrogens is 290 g/mol. The number of carboxylic acid groups (broad SMARTS) is 1. The first-order valence-electron chi connectivity index (χ1n) is 7.10. The molecule has 2 atom stereocenters. The molecule has 2 N–H and O–H groups in total. The first-order valence-corrected chi connectivity index (χ1v) is 8.76. The standard InChI is InChI=1S/C15H23NO4S/c1-3-7-14(15(17)18)10-16-21(19,20)11-12(2)13-8-5-4-6-9-13/h4-6,8-9,12,14,16H,3,7,10-11H2,1-2H3,(H,17,18). The normalized spacial score (nSPS) is 14.6. The Bertz CT molecular complexity index is 542. The summed E-state index contributed by atoms with van der Waals surface area (Å²) < 4.78 is 26.5. The van der Waals surface area contributed by atoms with Gasteiger partial charge in [-0.25, -0.2) is 13.1 Å².